The smallest absolute Gasteiger partial charge is 0.303 e. The van der Waals surface area contributed by atoms with Gasteiger partial charge in [-0.15, -0.1) is 0 Å². The Morgan fingerprint density at radius 2 is 1.97 bits per heavy atom. The van der Waals surface area contributed by atoms with Crippen molar-refractivity contribution in [2.24, 2.45) is 16.7 Å². The zero-order valence-electron chi connectivity index (χ0n) is 22.8. The van der Waals surface area contributed by atoms with Gasteiger partial charge in [0.05, 0.1) is 12.0 Å². The number of fused-ring (bicyclic) bond motifs is 4. The van der Waals surface area contributed by atoms with Gasteiger partial charge in [-0.2, -0.15) is 0 Å². The molecule has 0 radical (unpaired) electrons. The molecule has 1 saturated heterocycles. The van der Waals surface area contributed by atoms with Gasteiger partial charge < -0.3 is 24.6 Å². The van der Waals surface area contributed by atoms with Crippen LogP contribution >= 0.6 is 0 Å². The third kappa shape index (κ3) is 4.13. The highest BCUT2D eigenvalue weighted by atomic mass is 16.5. The van der Waals surface area contributed by atoms with Gasteiger partial charge in [-0.3, -0.25) is 14.4 Å². The van der Waals surface area contributed by atoms with Crippen molar-refractivity contribution >= 4 is 17.5 Å². The molecule has 4 aliphatic rings. The van der Waals surface area contributed by atoms with Gasteiger partial charge in [0, 0.05) is 67.7 Å². The molecule has 0 bridgehead atoms. The number of hydrogen-bond donors (Lipinski definition) is 2. The molecule has 1 aliphatic heterocycles. The van der Waals surface area contributed by atoms with E-state index in [1.165, 1.54) is 6.92 Å². The highest BCUT2D eigenvalue weighted by Gasteiger charge is 2.63. The summed E-state index contributed by atoms with van der Waals surface area (Å²) in [7, 11) is 1.55. The van der Waals surface area contributed by atoms with Crippen LogP contribution in [0.5, 0.6) is 0 Å². The fourth-order valence-corrected chi connectivity index (χ4v) is 7.06. The fraction of sp³-hybridized carbons (Fsp3) is 0.452. The van der Waals surface area contributed by atoms with E-state index >= 15 is 0 Å². The number of allylic oxidation sites excluding steroid dienone is 2. The first-order valence-electron chi connectivity index (χ1n) is 13.3. The van der Waals surface area contributed by atoms with Crippen LogP contribution in [0.25, 0.3) is 0 Å². The summed E-state index contributed by atoms with van der Waals surface area (Å²) >= 11 is 0. The second kappa shape index (κ2) is 9.83. The number of methoxy groups -OCH3 is 1. The van der Waals surface area contributed by atoms with Crippen LogP contribution in [0.1, 0.15) is 45.6 Å². The summed E-state index contributed by atoms with van der Waals surface area (Å²) in [6.45, 7) is 9.77. The number of hydrogen-bond acceptors (Lipinski definition) is 8. The summed E-state index contributed by atoms with van der Waals surface area (Å²) in [6, 6.07) is 9.80. The Morgan fingerprint density at radius 1 is 1.26 bits per heavy atom. The van der Waals surface area contributed by atoms with E-state index in [2.05, 4.69) is 11.9 Å². The minimum atomic E-state index is -1.10. The Kier molecular flexibility index (Phi) is 6.79. The number of carbonyl (C=O) groups is 3. The molecular weight excluding hydrogens is 498 g/mol. The summed E-state index contributed by atoms with van der Waals surface area (Å²) in [5, 5.41) is 14.9. The zero-order valence-corrected chi connectivity index (χ0v) is 22.8. The van der Waals surface area contributed by atoms with E-state index in [9.17, 15) is 19.5 Å². The lowest BCUT2D eigenvalue weighted by molar-refractivity contribution is -0.150. The summed E-state index contributed by atoms with van der Waals surface area (Å²) in [6.07, 6.45) is 1.28. The van der Waals surface area contributed by atoms with Gasteiger partial charge in [-0.1, -0.05) is 43.8 Å². The summed E-state index contributed by atoms with van der Waals surface area (Å²) in [5.74, 6) is -1.53. The molecule has 2 N–H and O–H groups in total. The number of Topliss-reactive ketones (excluding diaryl/α,β-unsaturated/α-hetero) is 2. The normalized spacial score (nSPS) is 33.0. The Hall–Kier alpha value is -3.65. The van der Waals surface area contributed by atoms with Crippen LogP contribution in [0.2, 0.25) is 0 Å². The number of ketones is 2. The number of rotatable bonds is 6. The third-order valence-electron chi connectivity index (χ3n) is 8.93. The second-order valence-electron chi connectivity index (χ2n) is 11.2. The maximum absolute atomic E-state index is 14.0. The molecule has 8 nitrogen and oxygen atoms in total. The number of ether oxygens (including phenoxy) is 3. The predicted molar refractivity (Wildman–Crippen MR) is 143 cm³/mol. The van der Waals surface area contributed by atoms with Crippen molar-refractivity contribution in [2.45, 2.75) is 58.8 Å². The minimum Gasteiger partial charge on any atom is -0.504 e. The number of nitrogens with one attached hydrogen (secondary N) is 1. The number of benzene rings is 1. The monoisotopic (exact) mass is 533 g/mol. The molecule has 5 atom stereocenters. The van der Waals surface area contributed by atoms with E-state index in [1.807, 2.05) is 44.2 Å². The van der Waals surface area contributed by atoms with Gasteiger partial charge in [0.1, 0.15) is 23.8 Å². The Bertz CT molecular complexity index is 1340. The van der Waals surface area contributed by atoms with Crippen molar-refractivity contribution in [2.75, 3.05) is 13.7 Å². The quantitative estimate of drug-likeness (QED) is 0.523. The summed E-state index contributed by atoms with van der Waals surface area (Å²) < 4.78 is 17.7. The van der Waals surface area contributed by atoms with Gasteiger partial charge in [0.2, 0.25) is 5.78 Å². The first kappa shape index (κ1) is 26.9. The Labute approximate surface area is 228 Å². The van der Waals surface area contributed by atoms with Crippen LogP contribution in [-0.4, -0.2) is 48.6 Å². The number of carbonyl (C=O) groups excluding carboxylic acids is 3. The summed E-state index contributed by atoms with van der Waals surface area (Å²) in [5.41, 5.74) is 0.833. The van der Waals surface area contributed by atoms with Crippen molar-refractivity contribution in [3.63, 3.8) is 0 Å². The van der Waals surface area contributed by atoms with Crippen molar-refractivity contribution < 1.29 is 33.7 Å². The van der Waals surface area contributed by atoms with Crippen LogP contribution in [0.3, 0.4) is 0 Å². The van der Waals surface area contributed by atoms with Gasteiger partial charge in [-0.25, -0.2) is 0 Å². The zero-order chi connectivity index (χ0) is 28.1. The van der Waals surface area contributed by atoms with E-state index < -0.39 is 46.5 Å². The first-order valence-corrected chi connectivity index (χ1v) is 13.3. The Balaban J connectivity index is 1.68. The van der Waals surface area contributed by atoms with E-state index in [0.29, 0.717) is 41.7 Å². The lowest BCUT2D eigenvalue weighted by atomic mass is 9.53. The molecule has 5 rings (SSSR count). The standard InChI is InChI=1S/C31H35NO7/c1-17-20(15-32-14-19-9-7-6-8-10-19)26-29(36)28(35)25-21-11-12-23(34)30(21,3)13-22(39-18(2)33)27(25)31(26,4)24(38-17)16-37-5/h6-10,15,21-22,24,32,36H,1,11-14,16H2,2-5H3/b20-15-/t21?,22?,24?,30-,31-/m0/s1. The van der Waals surface area contributed by atoms with Crippen LogP contribution < -0.4 is 5.32 Å². The predicted octanol–water partition coefficient (Wildman–Crippen LogP) is 4.24. The molecule has 3 aliphatic carbocycles. The van der Waals surface area contributed by atoms with E-state index in [4.69, 9.17) is 14.2 Å². The first-order chi connectivity index (χ1) is 18.5. The molecule has 0 aromatic heterocycles. The molecule has 1 saturated carbocycles. The molecule has 1 aromatic carbocycles. The lowest BCUT2D eigenvalue weighted by Crippen LogP contribution is -2.55. The average molecular weight is 534 g/mol. The van der Waals surface area contributed by atoms with Crippen molar-refractivity contribution in [3.8, 4) is 0 Å². The second-order valence-corrected chi connectivity index (χ2v) is 11.2. The minimum absolute atomic E-state index is 0.0378. The van der Waals surface area contributed by atoms with E-state index in [0.717, 1.165) is 5.56 Å². The molecule has 206 valence electrons. The number of aliphatic hydroxyl groups excluding tert-OH is 1. The molecule has 0 amide bonds. The van der Waals surface area contributed by atoms with Crippen molar-refractivity contribution in [1.29, 1.82) is 0 Å². The largest absolute Gasteiger partial charge is 0.504 e. The van der Waals surface area contributed by atoms with Gasteiger partial charge in [-0.05, 0) is 24.5 Å². The molecule has 2 fully saturated rings. The molecule has 0 spiro atoms. The van der Waals surface area contributed by atoms with Crippen LogP contribution in [0.15, 0.2) is 76.9 Å². The highest BCUT2D eigenvalue weighted by molar-refractivity contribution is 6.12. The number of esters is 1. The highest BCUT2D eigenvalue weighted by Crippen LogP contribution is 2.63. The summed E-state index contributed by atoms with van der Waals surface area (Å²) in [4.78, 5) is 39.4. The maximum atomic E-state index is 14.0. The van der Waals surface area contributed by atoms with Gasteiger partial charge >= 0.3 is 5.97 Å². The molecule has 39 heavy (non-hydrogen) atoms. The fourth-order valence-electron chi connectivity index (χ4n) is 7.06. The van der Waals surface area contributed by atoms with Crippen LogP contribution in [0, 0.1) is 16.7 Å². The molecule has 8 heteroatoms. The van der Waals surface area contributed by atoms with E-state index in [-0.39, 0.29) is 24.6 Å². The molecule has 1 aromatic rings. The average Bonchev–Trinajstić information content (AvgIpc) is 3.18. The van der Waals surface area contributed by atoms with Crippen molar-refractivity contribution in [1.82, 2.24) is 5.32 Å². The maximum Gasteiger partial charge on any atom is 0.303 e. The van der Waals surface area contributed by atoms with E-state index in [1.54, 1.807) is 13.3 Å². The van der Waals surface area contributed by atoms with Crippen LogP contribution in [0.4, 0.5) is 0 Å². The van der Waals surface area contributed by atoms with Crippen molar-refractivity contribution in [3.05, 3.63) is 82.5 Å². The van der Waals surface area contributed by atoms with Gasteiger partial charge in [0.15, 0.2) is 5.76 Å². The lowest BCUT2D eigenvalue weighted by Gasteiger charge is -2.54. The topological polar surface area (TPSA) is 111 Å². The Morgan fingerprint density at radius 3 is 2.64 bits per heavy atom. The van der Waals surface area contributed by atoms with Crippen LogP contribution in [-0.2, 0) is 35.1 Å². The SMILES string of the molecule is C=C1OC(COC)[C@@]2(C)C(=C(O)C(=O)C3=C2C(OC(C)=O)C[C@]2(C)C(=O)CCC32)/C1=C\NCc1ccccc1. The molecule has 3 unspecified atom stereocenters. The number of aliphatic hydroxyl groups is 1. The molecular formula is C31H35NO7. The molecule has 1 heterocycles. The van der Waals surface area contributed by atoms with Gasteiger partial charge in [0.25, 0.3) is 0 Å². The third-order valence-corrected chi connectivity index (χ3v) is 8.93.